The van der Waals surface area contributed by atoms with E-state index >= 15 is 0 Å². The van der Waals surface area contributed by atoms with Crippen molar-refractivity contribution in [1.82, 2.24) is 9.80 Å². The van der Waals surface area contributed by atoms with Crippen molar-refractivity contribution in [3.63, 3.8) is 0 Å². The van der Waals surface area contributed by atoms with E-state index in [4.69, 9.17) is 9.47 Å². The summed E-state index contributed by atoms with van der Waals surface area (Å²) in [4.78, 5) is 28.8. The van der Waals surface area contributed by atoms with Crippen molar-refractivity contribution >= 4 is 11.8 Å². The summed E-state index contributed by atoms with van der Waals surface area (Å²) >= 11 is 0. The molecule has 0 bridgehead atoms. The Hall–Kier alpha value is -3.01. The van der Waals surface area contributed by atoms with Crippen LogP contribution in [0.1, 0.15) is 24.9 Å². The lowest BCUT2D eigenvalue weighted by atomic mass is 9.79. The van der Waals surface area contributed by atoms with Crippen molar-refractivity contribution in [3.8, 4) is 17.6 Å². The van der Waals surface area contributed by atoms with Crippen molar-refractivity contribution in [2.75, 3.05) is 19.9 Å². The van der Waals surface area contributed by atoms with Crippen LogP contribution in [0, 0.1) is 16.7 Å². The number of rotatable bonds is 3. The molecule has 1 aromatic rings. The molecule has 0 spiro atoms. The van der Waals surface area contributed by atoms with Crippen LogP contribution >= 0.6 is 0 Å². The van der Waals surface area contributed by atoms with Crippen molar-refractivity contribution in [2.45, 2.75) is 25.4 Å². The molecule has 7 nitrogen and oxygen atoms in total. The molecule has 3 aliphatic heterocycles. The highest BCUT2D eigenvalue weighted by Gasteiger charge is 2.57. The topological polar surface area (TPSA) is 82.9 Å². The van der Waals surface area contributed by atoms with Crippen LogP contribution in [0.3, 0.4) is 0 Å². The zero-order valence-electron chi connectivity index (χ0n) is 14.5. The molecule has 3 aliphatic rings. The van der Waals surface area contributed by atoms with Crippen LogP contribution < -0.4 is 9.47 Å². The largest absolute Gasteiger partial charge is 0.454 e. The van der Waals surface area contributed by atoms with Gasteiger partial charge in [-0.3, -0.25) is 9.59 Å². The Morgan fingerprint density at radius 3 is 2.88 bits per heavy atom. The molecule has 4 rings (SSSR count). The zero-order chi connectivity index (χ0) is 18.5. The monoisotopic (exact) mass is 353 g/mol. The molecule has 2 unspecified atom stereocenters. The van der Waals surface area contributed by atoms with Crippen LogP contribution in [0.25, 0.3) is 0 Å². The summed E-state index contributed by atoms with van der Waals surface area (Å²) in [6.45, 7) is 5.93. The number of carbonyl (C=O) groups is 2. The Labute approximate surface area is 151 Å². The van der Waals surface area contributed by atoms with Gasteiger partial charge in [0.15, 0.2) is 11.5 Å². The number of carbonyl (C=O) groups excluding carboxylic acids is 2. The van der Waals surface area contributed by atoms with E-state index in [-0.39, 0.29) is 25.2 Å². The van der Waals surface area contributed by atoms with Crippen molar-refractivity contribution in [1.29, 1.82) is 5.26 Å². The number of hydrogen-bond donors (Lipinski definition) is 0. The quantitative estimate of drug-likeness (QED) is 0.771. The highest BCUT2D eigenvalue weighted by Crippen LogP contribution is 2.52. The minimum atomic E-state index is -0.867. The summed E-state index contributed by atoms with van der Waals surface area (Å²) in [5, 5.41) is 9.85. The van der Waals surface area contributed by atoms with Crippen molar-refractivity contribution in [2.24, 2.45) is 5.41 Å². The Balaban J connectivity index is 1.76. The van der Waals surface area contributed by atoms with E-state index in [2.05, 4.69) is 12.6 Å². The average Bonchev–Trinajstić information content (AvgIpc) is 3.21. The molecule has 1 aromatic carbocycles. The third kappa shape index (κ3) is 2.25. The van der Waals surface area contributed by atoms with Crippen LogP contribution in [-0.4, -0.2) is 47.5 Å². The summed E-state index contributed by atoms with van der Waals surface area (Å²) in [6, 6.07) is 6.63. The number of ether oxygens (including phenoxy) is 2. The number of nitriles is 1. The van der Waals surface area contributed by atoms with E-state index < -0.39 is 17.5 Å². The first-order chi connectivity index (χ1) is 12.5. The highest BCUT2D eigenvalue weighted by atomic mass is 16.7. The second-order valence-corrected chi connectivity index (χ2v) is 7.07. The second-order valence-electron chi connectivity index (χ2n) is 7.07. The lowest BCUT2D eigenvalue weighted by Gasteiger charge is -2.39. The van der Waals surface area contributed by atoms with Gasteiger partial charge < -0.3 is 19.3 Å². The van der Waals surface area contributed by atoms with E-state index in [9.17, 15) is 14.9 Å². The summed E-state index contributed by atoms with van der Waals surface area (Å²) in [5.74, 6) is 0.947. The van der Waals surface area contributed by atoms with Gasteiger partial charge in [0, 0.05) is 6.54 Å². The molecule has 0 saturated carbocycles. The number of hydrogen-bond acceptors (Lipinski definition) is 5. The van der Waals surface area contributed by atoms with Gasteiger partial charge in [-0.05, 0) is 31.0 Å². The first-order valence-electron chi connectivity index (χ1n) is 8.50. The Bertz CT molecular complexity index is 846. The summed E-state index contributed by atoms with van der Waals surface area (Å²) in [6.07, 6.45) is 1.91. The van der Waals surface area contributed by atoms with E-state index in [0.29, 0.717) is 24.5 Å². The van der Waals surface area contributed by atoms with E-state index in [1.54, 1.807) is 30.0 Å². The fourth-order valence-corrected chi connectivity index (χ4v) is 4.19. The van der Waals surface area contributed by atoms with Crippen LogP contribution in [0.2, 0.25) is 0 Å². The lowest BCUT2D eigenvalue weighted by Crippen LogP contribution is -2.57. The van der Waals surface area contributed by atoms with Gasteiger partial charge in [0.1, 0.15) is 12.6 Å². The summed E-state index contributed by atoms with van der Waals surface area (Å²) in [7, 11) is 0. The number of benzene rings is 1. The normalized spacial score (nSPS) is 29.5. The van der Waals surface area contributed by atoms with Crippen molar-refractivity contribution < 1.29 is 19.1 Å². The minimum absolute atomic E-state index is 0.00388. The number of amides is 2. The number of piperazine rings is 1. The SMILES string of the molecule is C=CCN1CC(=O)N2C(C[C@](C)(C#N)C2c2ccc3c(c2)OCO3)C1=O. The Kier molecular flexibility index (Phi) is 3.65. The molecule has 2 saturated heterocycles. The molecule has 0 radical (unpaired) electrons. The lowest BCUT2D eigenvalue weighted by molar-refractivity contribution is -0.155. The van der Waals surface area contributed by atoms with E-state index in [1.807, 2.05) is 6.07 Å². The second kappa shape index (κ2) is 5.77. The molecule has 2 fully saturated rings. The van der Waals surface area contributed by atoms with Gasteiger partial charge in [-0.1, -0.05) is 12.1 Å². The van der Waals surface area contributed by atoms with Crippen molar-refractivity contribution in [3.05, 3.63) is 36.4 Å². The Morgan fingerprint density at radius 1 is 1.38 bits per heavy atom. The molecule has 0 aliphatic carbocycles. The predicted molar refractivity (Wildman–Crippen MR) is 91.1 cm³/mol. The van der Waals surface area contributed by atoms with Gasteiger partial charge in [-0.15, -0.1) is 6.58 Å². The molecule has 0 N–H and O–H groups in total. The molecular weight excluding hydrogens is 334 g/mol. The third-order valence-corrected chi connectivity index (χ3v) is 5.36. The van der Waals surface area contributed by atoms with Crippen LogP contribution in [0.15, 0.2) is 30.9 Å². The first kappa shape index (κ1) is 16.5. The van der Waals surface area contributed by atoms with E-state index in [0.717, 1.165) is 5.56 Å². The summed E-state index contributed by atoms with van der Waals surface area (Å²) in [5.41, 5.74) is -0.0902. The van der Waals surface area contributed by atoms with Gasteiger partial charge in [0.05, 0.1) is 17.5 Å². The van der Waals surface area contributed by atoms with Gasteiger partial charge in [0.2, 0.25) is 18.6 Å². The Morgan fingerprint density at radius 2 is 2.15 bits per heavy atom. The fourth-order valence-electron chi connectivity index (χ4n) is 4.19. The van der Waals surface area contributed by atoms with Gasteiger partial charge in [-0.2, -0.15) is 5.26 Å². The minimum Gasteiger partial charge on any atom is -0.454 e. The molecule has 26 heavy (non-hydrogen) atoms. The number of nitrogens with zero attached hydrogens (tertiary/aromatic N) is 3. The van der Waals surface area contributed by atoms with Gasteiger partial charge >= 0.3 is 0 Å². The third-order valence-electron chi connectivity index (χ3n) is 5.36. The maximum atomic E-state index is 12.9. The molecule has 2 amide bonds. The maximum Gasteiger partial charge on any atom is 0.246 e. The molecular formula is C19H19N3O4. The highest BCUT2D eigenvalue weighted by molar-refractivity contribution is 5.96. The molecule has 134 valence electrons. The van der Waals surface area contributed by atoms with E-state index in [1.165, 1.54) is 4.90 Å². The summed E-state index contributed by atoms with van der Waals surface area (Å²) < 4.78 is 10.8. The standard InChI is InChI=1S/C19H19N3O4/c1-3-6-21-9-16(23)22-13(18(21)24)8-19(2,10-20)17(22)12-4-5-14-15(7-12)26-11-25-14/h3-5,7,13,17H,1,6,8-9,11H2,2H3/t13?,17?,19-/m1/s1. The van der Waals surface area contributed by atoms with Crippen LogP contribution in [0.4, 0.5) is 0 Å². The molecule has 3 heterocycles. The predicted octanol–water partition coefficient (Wildman–Crippen LogP) is 1.62. The average molecular weight is 353 g/mol. The zero-order valence-corrected chi connectivity index (χ0v) is 14.5. The molecule has 7 heteroatoms. The first-order valence-corrected chi connectivity index (χ1v) is 8.50. The smallest absolute Gasteiger partial charge is 0.246 e. The molecule has 3 atom stereocenters. The maximum absolute atomic E-state index is 12.9. The van der Waals surface area contributed by atoms with Crippen LogP contribution in [-0.2, 0) is 9.59 Å². The fraction of sp³-hybridized carbons (Fsp3) is 0.421. The van der Waals surface area contributed by atoms with Crippen LogP contribution in [0.5, 0.6) is 11.5 Å². The number of fused-ring (bicyclic) bond motifs is 2. The molecule has 0 aromatic heterocycles. The van der Waals surface area contributed by atoms with Gasteiger partial charge in [0.25, 0.3) is 0 Å². The van der Waals surface area contributed by atoms with Gasteiger partial charge in [-0.25, -0.2) is 0 Å².